The van der Waals surface area contributed by atoms with Crippen LogP contribution in [0.1, 0.15) is 33.3 Å². The van der Waals surface area contributed by atoms with Gasteiger partial charge in [0, 0.05) is 37.9 Å². The lowest BCUT2D eigenvalue weighted by Crippen LogP contribution is -2.46. The quantitative estimate of drug-likeness (QED) is 0.304. The van der Waals surface area contributed by atoms with Gasteiger partial charge in [0.25, 0.3) is 0 Å². The van der Waals surface area contributed by atoms with Crippen LogP contribution in [-0.4, -0.2) is 47.6 Å². The summed E-state index contributed by atoms with van der Waals surface area (Å²) >= 11 is 5.82. The lowest BCUT2D eigenvalue weighted by atomic mass is 10.1. The fraction of sp³-hybridized carbons (Fsp3) is 0.647. The molecule has 7 heteroatoms. The SMILES string of the molecule is CCNC(=NCc1ccc(Cl)nc1)NC1CN(C(C)C)CC1C.I. The van der Waals surface area contributed by atoms with Crippen LogP contribution in [0.5, 0.6) is 0 Å². The highest BCUT2D eigenvalue weighted by molar-refractivity contribution is 14.0. The summed E-state index contributed by atoms with van der Waals surface area (Å²) in [5, 5.41) is 7.42. The number of nitrogens with zero attached hydrogens (tertiary/aromatic N) is 3. The zero-order valence-electron chi connectivity index (χ0n) is 14.9. The minimum Gasteiger partial charge on any atom is -0.357 e. The van der Waals surface area contributed by atoms with Crippen LogP contribution in [0.15, 0.2) is 23.3 Å². The van der Waals surface area contributed by atoms with Crippen molar-refractivity contribution in [3.63, 3.8) is 0 Å². The van der Waals surface area contributed by atoms with Crippen molar-refractivity contribution >= 4 is 41.5 Å². The normalized spacial score (nSPS) is 21.7. The molecule has 2 N–H and O–H groups in total. The topological polar surface area (TPSA) is 52.6 Å². The minimum atomic E-state index is 0. The van der Waals surface area contributed by atoms with Crippen molar-refractivity contribution in [3.05, 3.63) is 29.0 Å². The zero-order valence-corrected chi connectivity index (χ0v) is 18.0. The smallest absolute Gasteiger partial charge is 0.191 e. The van der Waals surface area contributed by atoms with E-state index in [2.05, 4.69) is 53.2 Å². The van der Waals surface area contributed by atoms with Gasteiger partial charge >= 0.3 is 0 Å². The summed E-state index contributed by atoms with van der Waals surface area (Å²) in [6.07, 6.45) is 1.77. The standard InChI is InChI=1S/C17H28ClN5.HI/c1-5-19-17(21-9-14-6-7-16(18)20-8-14)22-15-11-23(12(2)3)10-13(15)4;/h6-8,12-13,15H,5,9-11H2,1-4H3,(H2,19,21,22);1H. The first-order valence-electron chi connectivity index (χ1n) is 8.39. The van der Waals surface area contributed by atoms with Crippen molar-refractivity contribution in [3.8, 4) is 0 Å². The van der Waals surface area contributed by atoms with Gasteiger partial charge in [0.15, 0.2) is 5.96 Å². The molecular weight excluding hydrogens is 437 g/mol. The molecule has 1 saturated heterocycles. The second-order valence-electron chi connectivity index (χ2n) is 6.46. The van der Waals surface area contributed by atoms with Gasteiger partial charge in [-0.05, 0) is 38.3 Å². The Morgan fingerprint density at radius 2 is 2.17 bits per heavy atom. The van der Waals surface area contributed by atoms with Crippen molar-refractivity contribution in [1.29, 1.82) is 0 Å². The minimum absolute atomic E-state index is 0. The second-order valence-corrected chi connectivity index (χ2v) is 6.85. The molecule has 0 aliphatic carbocycles. The van der Waals surface area contributed by atoms with Crippen LogP contribution in [0.4, 0.5) is 0 Å². The molecule has 1 aliphatic rings. The summed E-state index contributed by atoms with van der Waals surface area (Å²) in [6, 6.07) is 4.77. The van der Waals surface area contributed by atoms with E-state index in [0.717, 1.165) is 31.2 Å². The largest absolute Gasteiger partial charge is 0.357 e. The van der Waals surface area contributed by atoms with Gasteiger partial charge in [-0.15, -0.1) is 24.0 Å². The number of pyridine rings is 1. The van der Waals surface area contributed by atoms with Gasteiger partial charge in [-0.2, -0.15) is 0 Å². The average Bonchev–Trinajstić information content (AvgIpc) is 2.88. The number of aromatic nitrogens is 1. The van der Waals surface area contributed by atoms with E-state index >= 15 is 0 Å². The van der Waals surface area contributed by atoms with Gasteiger partial charge in [-0.25, -0.2) is 9.98 Å². The maximum atomic E-state index is 5.82. The maximum absolute atomic E-state index is 5.82. The Balaban J connectivity index is 0.00000288. The molecule has 2 unspecified atom stereocenters. The van der Waals surface area contributed by atoms with Crippen LogP contribution in [-0.2, 0) is 6.54 Å². The Labute approximate surface area is 167 Å². The first-order chi connectivity index (χ1) is 11.0. The van der Waals surface area contributed by atoms with E-state index in [-0.39, 0.29) is 24.0 Å². The number of hydrogen-bond acceptors (Lipinski definition) is 3. The Hall–Kier alpha value is -0.600. The van der Waals surface area contributed by atoms with E-state index in [0.29, 0.717) is 29.7 Å². The van der Waals surface area contributed by atoms with Gasteiger partial charge in [0.2, 0.25) is 0 Å². The summed E-state index contributed by atoms with van der Waals surface area (Å²) in [4.78, 5) is 11.3. The Morgan fingerprint density at radius 1 is 1.42 bits per heavy atom. The van der Waals surface area contributed by atoms with E-state index in [9.17, 15) is 0 Å². The van der Waals surface area contributed by atoms with Crippen LogP contribution in [0.25, 0.3) is 0 Å². The fourth-order valence-electron chi connectivity index (χ4n) is 2.78. The molecule has 1 fully saturated rings. The molecular formula is C17H29ClIN5. The van der Waals surface area contributed by atoms with Gasteiger partial charge in [0.05, 0.1) is 6.54 Å². The summed E-state index contributed by atoms with van der Waals surface area (Å²) in [5.41, 5.74) is 1.05. The molecule has 1 aromatic rings. The van der Waals surface area contributed by atoms with Crippen molar-refractivity contribution in [2.45, 2.75) is 46.3 Å². The molecule has 24 heavy (non-hydrogen) atoms. The highest BCUT2D eigenvalue weighted by Gasteiger charge is 2.31. The Morgan fingerprint density at radius 3 is 2.71 bits per heavy atom. The first-order valence-corrected chi connectivity index (χ1v) is 8.76. The number of likely N-dealkylation sites (tertiary alicyclic amines) is 1. The number of rotatable bonds is 5. The molecule has 0 aromatic carbocycles. The molecule has 0 spiro atoms. The predicted molar refractivity (Wildman–Crippen MR) is 112 cm³/mol. The molecule has 2 rings (SSSR count). The third-order valence-corrected chi connectivity index (χ3v) is 4.47. The van der Waals surface area contributed by atoms with Crippen LogP contribution >= 0.6 is 35.6 Å². The highest BCUT2D eigenvalue weighted by Crippen LogP contribution is 2.18. The number of aliphatic imine (C=N–C) groups is 1. The average molecular weight is 466 g/mol. The van der Waals surface area contributed by atoms with E-state index < -0.39 is 0 Å². The van der Waals surface area contributed by atoms with Crippen molar-refractivity contribution in [1.82, 2.24) is 20.5 Å². The van der Waals surface area contributed by atoms with Crippen LogP contribution in [0, 0.1) is 5.92 Å². The van der Waals surface area contributed by atoms with E-state index in [1.165, 1.54) is 0 Å². The van der Waals surface area contributed by atoms with Gasteiger partial charge < -0.3 is 10.6 Å². The van der Waals surface area contributed by atoms with Gasteiger partial charge in [-0.3, -0.25) is 4.90 Å². The summed E-state index contributed by atoms with van der Waals surface area (Å²) in [5.74, 6) is 1.48. The molecule has 1 aromatic heterocycles. The fourth-order valence-corrected chi connectivity index (χ4v) is 2.89. The molecule has 136 valence electrons. The first kappa shape index (κ1) is 21.4. The second kappa shape index (κ2) is 10.4. The van der Waals surface area contributed by atoms with Crippen molar-refractivity contribution in [2.75, 3.05) is 19.6 Å². The summed E-state index contributed by atoms with van der Waals surface area (Å²) in [6.45, 7) is 12.5. The lowest BCUT2D eigenvalue weighted by molar-refractivity contribution is 0.265. The molecule has 1 aliphatic heterocycles. The monoisotopic (exact) mass is 465 g/mol. The summed E-state index contributed by atoms with van der Waals surface area (Å²) < 4.78 is 0. The van der Waals surface area contributed by atoms with Gasteiger partial charge in [0.1, 0.15) is 5.15 Å². The number of halogens is 2. The molecule has 0 radical (unpaired) electrons. The zero-order chi connectivity index (χ0) is 16.8. The Kier molecular flexibility index (Phi) is 9.30. The van der Waals surface area contributed by atoms with E-state index in [1.807, 2.05) is 6.07 Å². The van der Waals surface area contributed by atoms with Crippen LogP contribution in [0.2, 0.25) is 5.15 Å². The lowest BCUT2D eigenvalue weighted by Gasteiger charge is -2.21. The third kappa shape index (κ3) is 6.37. The molecule has 2 heterocycles. The van der Waals surface area contributed by atoms with Crippen molar-refractivity contribution < 1.29 is 0 Å². The number of guanidine groups is 1. The van der Waals surface area contributed by atoms with Crippen molar-refractivity contribution in [2.24, 2.45) is 10.9 Å². The van der Waals surface area contributed by atoms with E-state index in [1.54, 1.807) is 12.3 Å². The molecule has 0 bridgehead atoms. The predicted octanol–water partition coefficient (Wildman–Crippen LogP) is 3.14. The molecule has 2 atom stereocenters. The summed E-state index contributed by atoms with van der Waals surface area (Å²) in [7, 11) is 0. The van der Waals surface area contributed by atoms with Crippen LogP contribution in [0.3, 0.4) is 0 Å². The molecule has 0 amide bonds. The highest BCUT2D eigenvalue weighted by atomic mass is 127. The number of hydrogen-bond donors (Lipinski definition) is 2. The molecule has 0 saturated carbocycles. The van der Waals surface area contributed by atoms with E-state index in [4.69, 9.17) is 11.6 Å². The Bertz CT molecular complexity index is 520. The maximum Gasteiger partial charge on any atom is 0.191 e. The third-order valence-electron chi connectivity index (χ3n) is 4.25. The van der Waals surface area contributed by atoms with Crippen LogP contribution < -0.4 is 10.6 Å². The number of nitrogens with one attached hydrogen (secondary N) is 2. The molecule has 5 nitrogen and oxygen atoms in total. The van der Waals surface area contributed by atoms with Gasteiger partial charge in [-0.1, -0.05) is 24.6 Å².